The third-order valence-electron chi connectivity index (χ3n) is 6.22. The molecule has 1 N–H and O–H groups in total. The second-order valence-corrected chi connectivity index (χ2v) is 10.9. The van der Waals surface area contributed by atoms with Crippen molar-refractivity contribution < 1.29 is 31.8 Å². The number of amides is 1. The number of rotatable bonds is 9. The van der Waals surface area contributed by atoms with Gasteiger partial charge in [0.05, 0.1) is 13.7 Å². The number of hydrogen-bond acceptors (Lipinski definition) is 6. The molecule has 5 rings (SSSR count). The standard InChI is InChI=1S/C27H27FN2O6S/c1-17-9-20(11-23(10-17)35-15-18-3-4-18)21-12-24(28)27(30-14-26(31)29-37(30,32)33)25(13-21)36-16-19-5-7-22(34-2)8-6-19/h5-13,18H,3-4,14-16H2,1-2H3,(H,29,31). The molecule has 0 aromatic heterocycles. The molecular weight excluding hydrogens is 499 g/mol. The van der Waals surface area contributed by atoms with E-state index < -0.39 is 28.5 Å². The number of methoxy groups -OCH3 is 1. The SMILES string of the molecule is COc1ccc(COc2cc(-c3cc(C)cc(OCC4CC4)c3)cc(F)c2N2CC(=O)NS2(=O)=O)cc1. The zero-order chi connectivity index (χ0) is 26.2. The number of nitrogens with one attached hydrogen (secondary N) is 1. The molecule has 1 saturated carbocycles. The third kappa shape index (κ3) is 5.64. The minimum absolute atomic E-state index is 0.00662. The summed E-state index contributed by atoms with van der Waals surface area (Å²) >= 11 is 0. The van der Waals surface area contributed by atoms with Gasteiger partial charge < -0.3 is 14.2 Å². The Labute approximate surface area is 215 Å². The van der Waals surface area contributed by atoms with Crippen LogP contribution in [0.2, 0.25) is 0 Å². The molecule has 0 spiro atoms. The molecule has 2 fully saturated rings. The van der Waals surface area contributed by atoms with Crippen LogP contribution in [-0.2, 0) is 21.6 Å². The van der Waals surface area contributed by atoms with Crippen molar-refractivity contribution in [1.29, 1.82) is 0 Å². The van der Waals surface area contributed by atoms with Crippen LogP contribution in [0.15, 0.2) is 54.6 Å². The van der Waals surface area contributed by atoms with Gasteiger partial charge >= 0.3 is 10.2 Å². The first-order chi connectivity index (χ1) is 17.7. The summed E-state index contributed by atoms with van der Waals surface area (Å²) in [7, 11) is -2.69. The van der Waals surface area contributed by atoms with Crippen molar-refractivity contribution in [1.82, 2.24) is 4.72 Å². The van der Waals surface area contributed by atoms with Gasteiger partial charge in [-0.05, 0) is 84.3 Å². The molecule has 0 radical (unpaired) electrons. The van der Waals surface area contributed by atoms with Crippen LogP contribution in [0, 0.1) is 18.7 Å². The molecule has 8 nitrogen and oxygen atoms in total. The highest BCUT2D eigenvalue weighted by Crippen LogP contribution is 2.40. The highest BCUT2D eigenvalue weighted by atomic mass is 32.2. The van der Waals surface area contributed by atoms with E-state index in [1.807, 2.05) is 29.8 Å². The van der Waals surface area contributed by atoms with E-state index in [0.29, 0.717) is 39.5 Å². The molecule has 2 aliphatic rings. The van der Waals surface area contributed by atoms with Crippen LogP contribution in [0.3, 0.4) is 0 Å². The number of ether oxygens (including phenoxy) is 3. The van der Waals surface area contributed by atoms with E-state index in [-0.39, 0.29) is 18.0 Å². The molecule has 37 heavy (non-hydrogen) atoms. The molecule has 0 atom stereocenters. The lowest BCUT2D eigenvalue weighted by atomic mass is 10.0. The second-order valence-electron chi connectivity index (χ2n) is 9.27. The number of benzene rings is 3. The van der Waals surface area contributed by atoms with Crippen molar-refractivity contribution in [2.75, 3.05) is 24.6 Å². The molecule has 194 valence electrons. The first-order valence-corrected chi connectivity index (χ1v) is 13.3. The Balaban J connectivity index is 1.52. The summed E-state index contributed by atoms with van der Waals surface area (Å²) in [6, 6.07) is 15.6. The Morgan fingerprint density at radius 2 is 1.73 bits per heavy atom. The zero-order valence-corrected chi connectivity index (χ0v) is 21.3. The van der Waals surface area contributed by atoms with E-state index in [1.54, 1.807) is 37.4 Å². The highest BCUT2D eigenvalue weighted by molar-refractivity contribution is 7.92. The van der Waals surface area contributed by atoms with Gasteiger partial charge in [-0.25, -0.2) is 13.4 Å². The van der Waals surface area contributed by atoms with Gasteiger partial charge in [0.15, 0.2) is 5.82 Å². The Morgan fingerprint density at radius 1 is 1.00 bits per heavy atom. The molecule has 0 bridgehead atoms. The Hall–Kier alpha value is -3.79. The minimum atomic E-state index is -4.25. The lowest BCUT2D eigenvalue weighted by Crippen LogP contribution is -2.30. The van der Waals surface area contributed by atoms with Crippen molar-refractivity contribution in [3.8, 4) is 28.4 Å². The Morgan fingerprint density at radius 3 is 2.38 bits per heavy atom. The van der Waals surface area contributed by atoms with Crippen LogP contribution in [0.25, 0.3) is 11.1 Å². The molecule has 1 aliphatic heterocycles. The van der Waals surface area contributed by atoms with E-state index in [1.165, 1.54) is 6.07 Å². The average Bonchev–Trinajstić information content (AvgIpc) is 3.65. The third-order valence-corrected chi connectivity index (χ3v) is 7.60. The topological polar surface area (TPSA) is 94.2 Å². The number of anilines is 1. The summed E-state index contributed by atoms with van der Waals surface area (Å²) in [5, 5.41) is 0. The number of carbonyl (C=O) groups excluding carboxylic acids is 1. The first kappa shape index (κ1) is 24.9. The summed E-state index contributed by atoms with van der Waals surface area (Å²) in [4.78, 5) is 11.9. The van der Waals surface area contributed by atoms with E-state index in [9.17, 15) is 13.2 Å². The number of hydrogen-bond donors (Lipinski definition) is 1. The zero-order valence-electron chi connectivity index (χ0n) is 20.5. The average molecular weight is 527 g/mol. The smallest absolute Gasteiger partial charge is 0.326 e. The number of halogens is 1. The maximum absolute atomic E-state index is 15.6. The van der Waals surface area contributed by atoms with Crippen LogP contribution in [0.1, 0.15) is 24.0 Å². The van der Waals surface area contributed by atoms with Gasteiger partial charge in [0.1, 0.15) is 36.1 Å². The maximum Gasteiger partial charge on any atom is 0.326 e. The largest absolute Gasteiger partial charge is 0.497 e. The fraction of sp³-hybridized carbons (Fsp3) is 0.296. The van der Waals surface area contributed by atoms with E-state index in [2.05, 4.69) is 0 Å². The van der Waals surface area contributed by atoms with Gasteiger partial charge in [0, 0.05) is 0 Å². The maximum atomic E-state index is 15.6. The van der Waals surface area contributed by atoms with E-state index >= 15 is 4.39 Å². The summed E-state index contributed by atoms with van der Waals surface area (Å²) in [6.07, 6.45) is 2.33. The van der Waals surface area contributed by atoms with Gasteiger partial charge in [-0.15, -0.1) is 0 Å². The van der Waals surface area contributed by atoms with Crippen molar-refractivity contribution >= 4 is 21.8 Å². The molecule has 1 saturated heterocycles. The number of nitrogens with zero attached hydrogens (tertiary/aromatic N) is 1. The molecule has 1 heterocycles. The van der Waals surface area contributed by atoms with Crippen LogP contribution in [0.5, 0.6) is 17.2 Å². The lowest BCUT2D eigenvalue weighted by molar-refractivity contribution is -0.117. The molecule has 1 aliphatic carbocycles. The normalized spacial score (nSPS) is 16.4. The van der Waals surface area contributed by atoms with E-state index in [0.717, 1.165) is 24.0 Å². The molecule has 0 unspecified atom stereocenters. The monoisotopic (exact) mass is 526 g/mol. The first-order valence-electron chi connectivity index (χ1n) is 11.9. The molecular formula is C27H27FN2O6S. The predicted octanol–water partition coefficient (Wildman–Crippen LogP) is 4.36. The Bertz CT molecular complexity index is 1440. The van der Waals surface area contributed by atoms with Gasteiger partial charge in [-0.1, -0.05) is 18.2 Å². The minimum Gasteiger partial charge on any atom is -0.497 e. The van der Waals surface area contributed by atoms with Crippen molar-refractivity contribution in [2.45, 2.75) is 26.4 Å². The van der Waals surface area contributed by atoms with Crippen molar-refractivity contribution in [3.05, 3.63) is 71.5 Å². The molecule has 3 aromatic rings. The fourth-order valence-corrected chi connectivity index (χ4v) is 5.29. The Kier molecular flexibility index (Phi) is 6.68. The summed E-state index contributed by atoms with van der Waals surface area (Å²) in [5.74, 6) is 0.351. The van der Waals surface area contributed by atoms with Crippen molar-refractivity contribution in [3.63, 3.8) is 0 Å². The summed E-state index contributed by atoms with van der Waals surface area (Å²) in [6.45, 7) is 2.06. The van der Waals surface area contributed by atoms with Gasteiger partial charge in [-0.3, -0.25) is 4.79 Å². The van der Waals surface area contributed by atoms with Gasteiger partial charge in [0.25, 0.3) is 5.91 Å². The predicted molar refractivity (Wildman–Crippen MR) is 137 cm³/mol. The summed E-state index contributed by atoms with van der Waals surface area (Å²) in [5.41, 5.74) is 2.56. The van der Waals surface area contributed by atoms with Crippen LogP contribution in [-0.4, -0.2) is 34.6 Å². The second kappa shape index (κ2) is 9.93. The lowest BCUT2D eigenvalue weighted by Gasteiger charge is -2.21. The molecule has 10 heteroatoms. The fourth-order valence-electron chi connectivity index (χ4n) is 4.12. The van der Waals surface area contributed by atoms with Gasteiger partial charge in [0.2, 0.25) is 0 Å². The van der Waals surface area contributed by atoms with Gasteiger partial charge in [-0.2, -0.15) is 8.42 Å². The van der Waals surface area contributed by atoms with Crippen molar-refractivity contribution in [2.24, 2.45) is 5.92 Å². The quantitative estimate of drug-likeness (QED) is 0.445. The van der Waals surface area contributed by atoms with Crippen LogP contribution >= 0.6 is 0 Å². The number of carbonyl (C=O) groups is 1. The molecule has 1 amide bonds. The summed E-state index contributed by atoms with van der Waals surface area (Å²) < 4.78 is 60.4. The van der Waals surface area contributed by atoms with Crippen LogP contribution in [0.4, 0.5) is 10.1 Å². The highest BCUT2D eigenvalue weighted by Gasteiger charge is 2.38. The van der Waals surface area contributed by atoms with E-state index in [4.69, 9.17) is 14.2 Å². The van der Waals surface area contributed by atoms with Crippen LogP contribution < -0.4 is 23.2 Å². The molecule has 3 aromatic carbocycles. The number of aryl methyl sites for hydroxylation is 1.